The third-order valence-corrected chi connectivity index (χ3v) is 26.4. The Kier molecular flexibility index (Phi) is 23.1. The van der Waals surface area contributed by atoms with Crippen LogP contribution in [0.15, 0.2) is 11.6 Å². The molecule has 12 rings (SSSR count). The van der Waals surface area contributed by atoms with E-state index in [2.05, 4.69) is 33.8 Å². The summed E-state index contributed by atoms with van der Waals surface area (Å²) < 4.78 is 84.8. The lowest BCUT2D eigenvalue weighted by atomic mass is 9.33. The molecule has 103 heavy (non-hydrogen) atoms. The summed E-state index contributed by atoms with van der Waals surface area (Å²) in [5.74, 6) is -2.36. The van der Waals surface area contributed by atoms with Crippen molar-refractivity contribution >= 4 is 5.97 Å². The molecule has 0 aromatic rings. The zero-order valence-corrected chi connectivity index (χ0v) is 59.0. The van der Waals surface area contributed by atoms with Crippen LogP contribution in [0.3, 0.4) is 0 Å². The van der Waals surface area contributed by atoms with Gasteiger partial charge in [0.15, 0.2) is 43.8 Å². The van der Waals surface area contributed by atoms with Crippen LogP contribution in [0.4, 0.5) is 0 Å². The van der Waals surface area contributed by atoms with Crippen LogP contribution in [0.2, 0.25) is 0 Å². The summed E-state index contributed by atoms with van der Waals surface area (Å²) in [5.41, 5.74) is -9.08. The molecule has 35 heteroatoms. The lowest BCUT2D eigenvalue weighted by molar-refractivity contribution is -0.396. The highest BCUT2D eigenvalue weighted by Crippen LogP contribution is 2.76. The van der Waals surface area contributed by atoms with Gasteiger partial charge in [-0.25, -0.2) is 0 Å². The molecule has 0 radical (unpaired) electrons. The zero-order chi connectivity index (χ0) is 75.1. The zero-order valence-electron chi connectivity index (χ0n) is 59.0. The van der Waals surface area contributed by atoms with Gasteiger partial charge in [0, 0.05) is 11.3 Å². The van der Waals surface area contributed by atoms with Gasteiger partial charge in [-0.1, -0.05) is 53.2 Å². The minimum absolute atomic E-state index is 0.00681. The second-order valence-corrected chi connectivity index (χ2v) is 33.3. The fraction of sp³-hybridized carbons (Fsp3) is 0.956. The molecule has 0 aromatic carbocycles. The third-order valence-electron chi connectivity index (χ3n) is 26.4. The quantitative estimate of drug-likeness (QED) is 0.0344. The van der Waals surface area contributed by atoms with E-state index in [0.717, 1.165) is 5.57 Å². The molecule has 0 bridgehead atoms. The molecule has 7 aliphatic heterocycles. The van der Waals surface area contributed by atoms with Crippen molar-refractivity contribution in [2.75, 3.05) is 52.9 Å². The summed E-state index contributed by atoms with van der Waals surface area (Å²) >= 11 is 0. The van der Waals surface area contributed by atoms with Crippen LogP contribution in [0.1, 0.15) is 107 Å². The molecule has 5 aliphatic carbocycles. The van der Waals surface area contributed by atoms with E-state index in [1.165, 1.54) is 13.8 Å². The maximum atomic E-state index is 15.8. The fourth-order valence-corrected chi connectivity index (χ4v) is 20.0. The van der Waals surface area contributed by atoms with Crippen LogP contribution in [0, 0.1) is 50.2 Å². The smallest absolute Gasteiger partial charge is 0.315 e. The normalized spacial score (nSPS) is 55.8. The van der Waals surface area contributed by atoms with Gasteiger partial charge < -0.3 is 168 Å². The Morgan fingerprint density at radius 3 is 1.61 bits per heavy atom. The molecule has 40 atom stereocenters. The third kappa shape index (κ3) is 13.5. The Labute approximate surface area is 594 Å². The predicted molar refractivity (Wildman–Crippen MR) is 338 cm³/mol. The predicted octanol–water partition coefficient (Wildman–Crippen LogP) is -7.03. The van der Waals surface area contributed by atoms with Crippen LogP contribution in [0.5, 0.6) is 0 Å². The number of allylic oxidation sites excluding steroid dienone is 2. The molecule has 0 spiro atoms. The number of rotatable bonds is 18. The van der Waals surface area contributed by atoms with Crippen molar-refractivity contribution in [2.24, 2.45) is 50.2 Å². The highest BCUT2D eigenvalue weighted by atomic mass is 16.8. The monoisotopic (exact) mass is 1490 g/mol. The SMILES string of the molecule is C[C@@H]1O[C@@H](O[C@@H]2[C@@H](O[C@@H]3OC[C@](O)(CO)[C@H]3O)[C@H](O[C@H]3[C@H](O[C@H]4[C@H](OC(=O)[C@]56CCC(C)(C)C[C@@H]5C5=CC[C@@H]7[C@@]8(C)C[C@H](O)[C@H](O[C@@H]9O[C@H](CO)[C@@H](O)[C@H](O)[C@H]9O[C@@H]9OC[C@](O)(CO)[C@H]9O)[C@@](C)(CO)[C@@H]8[C@H](O)C[C@@]7(C)[C@]5(C)CC6)OC[C@H](O)[C@@H]4O)O[C@@H](C)[C@H](O)[C@H]3O)OC[C@H]2O)[C@H](O)[C@H](O)[C@H]1O. The second-order valence-electron chi connectivity index (χ2n) is 33.3. The van der Waals surface area contributed by atoms with Crippen molar-refractivity contribution in [1.82, 2.24) is 0 Å². The molecule has 0 aromatic heterocycles. The average molecular weight is 1490 g/mol. The largest absolute Gasteiger partial charge is 0.432 e. The number of hydrogen-bond donors (Lipinski definition) is 20. The van der Waals surface area contributed by atoms with Crippen LogP contribution >= 0.6 is 0 Å². The molecular weight excluding hydrogens is 1380 g/mol. The minimum atomic E-state index is -2.27. The van der Waals surface area contributed by atoms with Crippen molar-refractivity contribution < 1.29 is 173 Å². The van der Waals surface area contributed by atoms with Crippen LogP contribution < -0.4 is 0 Å². The average Bonchev–Trinajstić information content (AvgIpc) is 1.06. The number of aliphatic hydroxyl groups is 20. The second kappa shape index (κ2) is 29.5. The van der Waals surface area contributed by atoms with Crippen LogP contribution in [0.25, 0.3) is 0 Å². The van der Waals surface area contributed by atoms with E-state index in [9.17, 15) is 102 Å². The number of aliphatic hydroxyl groups excluding tert-OH is 18. The first kappa shape index (κ1) is 80.4. The van der Waals surface area contributed by atoms with Crippen molar-refractivity contribution in [1.29, 1.82) is 0 Å². The van der Waals surface area contributed by atoms with Crippen molar-refractivity contribution in [2.45, 2.75) is 302 Å². The Morgan fingerprint density at radius 2 is 1.01 bits per heavy atom. The number of hydrogen-bond acceptors (Lipinski definition) is 35. The summed E-state index contributed by atoms with van der Waals surface area (Å²) in [5, 5.41) is 224. The lowest BCUT2D eigenvalue weighted by Gasteiger charge is -2.72. The molecule has 20 N–H and O–H groups in total. The van der Waals surface area contributed by atoms with E-state index in [0.29, 0.717) is 32.1 Å². The number of carbonyl (C=O) groups is 1. The molecule has 35 nitrogen and oxygen atoms in total. The van der Waals surface area contributed by atoms with Gasteiger partial charge in [0.1, 0.15) is 115 Å². The maximum Gasteiger partial charge on any atom is 0.315 e. The summed E-state index contributed by atoms with van der Waals surface area (Å²) in [6.45, 7) is 9.00. The van der Waals surface area contributed by atoms with Gasteiger partial charge in [-0.15, -0.1) is 0 Å². The summed E-state index contributed by atoms with van der Waals surface area (Å²) in [6, 6.07) is 0. The summed E-state index contributed by atoms with van der Waals surface area (Å²) in [4.78, 5) is 15.8. The van der Waals surface area contributed by atoms with Gasteiger partial charge in [-0.05, 0) is 98.7 Å². The summed E-state index contributed by atoms with van der Waals surface area (Å²) in [7, 11) is 0. The van der Waals surface area contributed by atoms with E-state index in [4.69, 9.17) is 66.3 Å². The van der Waals surface area contributed by atoms with E-state index in [-0.39, 0.29) is 30.6 Å². The van der Waals surface area contributed by atoms with E-state index in [1.807, 2.05) is 6.92 Å². The molecule has 4 saturated carbocycles. The molecule has 0 amide bonds. The van der Waals surface area contributed by atoms with Gasteiger partial charge in [-0.3, -0.25) is 4.79 Å². The van der Waals surface area contributed by atoms with Crippen LogP contribution in [-0.4, -0.2) is 357 Å². The molecule has 592 valence electrons. The van der Waals surface area contributed by atoms with E-state index >= 15 is 4.79 Å². The fourth-order valence-electron chi connectivity index (χ4n) is 20.0. The van der Waals surface area contributed by atoms with E-state index in [1.54, 1.807) is 6.92 Å². The topological polar surface area (TPSA) is 551 Å². The molecule has 7 saturated heterocycles. The Bertz CT molecular complexity index is 2980. The molecule has 11 fully saturated rings. The van der Waals surface area contributed by atoms with Crippen molar-refractivity contribution in [3.63, 3.8) is 0 Å². The Hall–Kier alpha value is -2.11. The number of carbonyl (C=O) groups excluding carboxylic acids is 1. The van der Waals surface area contributed by atoms with Crippen molar-refractivity contribution in [3.05, 3.63) is 11.6 Å². The first-order valence-electron chi connectivity index (χ1n) is 35.9. The first-order valence-corrected chi connectivity index (χ1v) is 35.9. The molecule has 7 heterocycles. The Balaban J connectivity index is 0.803. The number of esters is 1. The highest BCUT2D eigenvalue weighted by Gasteiger charge is 2.74. The number of ether oxygens (including phenoxy) is 14. The van der Waals surface area contributed by atoms with Gasteiger partial charge in [0.05, 0.1) is 88.8 Å². The first-order chi connectivity index (χ1) is 48.3. The minimum Gasteiger partial charge on any atom is -0.432 e. The van der Waals surface area contributed by atoms with Gasteiger partial charge in [-0.2, -0.15) is 0 Å². The highest BCUT2D eigenvalue weighted by molar-refractivity contribution is 5.79. The lowest BCUT2D eigenvalue weighted by Crippen LogP contribution is -2.72. The molecule has 0 unspecified atom stereocenters. The molecule has 12 aliphatic rings. The molecular formula is C68H110O35. The summed E-state index contributed by atoms with van der Waals surface area (Å²) in [6.07, 6.45) is -46.9. The number of fused-ring (bicyclic) bond motifs is 7. The van der Waals surface area contributed by atoms with Gasteiger partial charge >= 0.3 is 5.97 Å². The maximum absolute atomic E-state index is 15.8. The van der Waals surface area contributed by atoms with Crippen LogP contribution in [-0.2, 0) is 71.1 Å². The standard InChI is InChI=1S/C68H110O35/c1-26-36(77)40(81)43(84)53(94-26)97-44-33(76)20-91-55(48(44)101-59-51(86)68(89,23-72)25-93-59)98-46-41(82)37(78)27(2)95-56(46)99-45-38(79)32(75)19-90-54(45)103-60(87)66-13-11-61(3,4)15-29(66)28-9-10-35-62(5)16-31(74)52(63(6,21-70)49(62)30(73)17-65(35,8)64(28,7)12-14-66)102-57-47(42(83)39(80)34(18-69)96-57)100-58-50(85)67(88,22-71)24-92-58/h9,26-27,29-59,69-86,88-89H,10-25H2,1-8H3/t26-,27-,29+,30+,31-,32-,33+,34+,35+,36-,37-,38-,39+,40+,41+,42-,43+,44-,45+,46+,47+,48+,49+,50-,51-,52-,53-,54-,55-,56-,57-,58-,59-,62+,63-,64+,65+,66-,67+,68+/m0/s1. The van der Waals surface area contributed by atoms with Crippen molar-refractivity contribution in [3.8, 4) is 0 Å². The Morgan fingerprint density at radius 1 is 0.485 bits per heavy atom. The van der Waals surface area contributed by atoms with Gasteiger partial charge in [0.25, 0.3) is 0 Å². The van der Waals surface area contributed by atoms with Gasteiger partial charge in [0.2, 0.25) is 6.29 Å². The van der Waals surface area contributed by atoms with E-state index < -0.39 is 293 Å².